The van der Waals surface area contributed by atoms with Gasteiger partial charge >= 0.3 is 6.55 Å². The molecule has 24 heavy (non-hydrogen) atoms. The normalized spacial score (nSPS) is 12.5. The molecule has 1 unspecified atom stereocenters. The number of hydrogen-bond acceptors (Lipinski definition) is 3. The van der Waals surface area contributed by atoms with Crippen LogP contribution in [-0.4, -0.2) is 27.3 Å². The Bertz CT molecular complexity index is 714. The van der Waals surface area contributed by atoms with Gasteiger partial charge in [0.2, 0.25) is 5.91 Å². The van der Waals surface area contributed by atoms with Gasteiger partial charge in [-0.25, -0.2) is 9.07 Å². The standard InChI is InChI=1S/C16H18F3N3O2/c1-9-13(10(2)22(21-9)16(18)19)7-15(24)20-8-14(23)11-3-5-12(17)6-4-11/h3-6,14,16,23H,7-8H2,1-2H3,(H,20,24). The molecule has 0 spiro atoms. The number of aliphatic hydroxyl groups excluding tert-OH is 1. The van der Waals surface area contributed by atoms with Gasteiger partial charge < -0.3 is 10.4 Å². The Balaban J connectivity index is 1.95. The van der Waals surface area contributed by atoms with Crippen LogP contribution in [0.2, 0.25) is 0 Å². The second kappa shape index (κ2) is 7.48. The number of aryl methyl sites for hydroxylation is 1. The lowest BCUT2D eigenvalue weighted by molar-refractivity contribution is -0.120. The monoisotopic (exact) mass is 341 g/mol. The van der Waals surface area contributed by atoms with Gasteiger partial charge in [-0.3, -0.25) is 4.79 Å². The Morgan fingerprint density at radius 1 is 1.29 bits per heavy atom. The fourth-order valence-electron chi connectivity index (χ4n) is 2.38. The summed E-state index contributed by atoms with van der Waals surface area (Å²) < 4.78 is 38.9. The molecular weight excluding hydrogens is 323 g/mol. The van der Waals surface area contributed by atoms with E-state index in [-0.39, 0.29) is 18.7 Å². The number of nitrogens with one attached hydrogen (secondary N) is 1. The summed E-state index contributed by atoms with van der Waals surface area (Å²) in [6.07, 6.45) is -1.10. The molecule has 2 aromatic rings. The molecule has 1 amide bonds. The molecule has 2 rings (SSSR count). The summed E-state index contributed by atoms with van der Waals surface area (Å²) in [4.78, 5) is 12.0. The molecular formula is C16H18F3N3O2. The van der Waals surface area contributed by atoms with Crippen molar-refractivity contribution in [3.8, 4) is 0 Å². The molecule has 2 N–H and O–H groups in total. The SMILES string of the molecule is Cc1nn(C(F)F)c(C)c1CC(=O)NCC(O)c1ccc(F)cc1. The van der Waals surface area contributed by atoms with Gasteiger partial charge in [0, 0.05) is 17.8 Å². The van der Waals surface area contributed by atoms with Crippen LogP contribution in [0.5, 0.6) is 0 Å². The van der Waals surface area contributed by atoms with Crippen LogP contribution in [0.25, 0.3) is 0 Å². The van der Waals surface area contributed by atoms with Crippen molar-refractivity contribution in [1.82, 2.24) is 15.1 Å². The molecule has 130 valence electrons. The maximum atomic E-state index is 12.8. The van der Waals surface area contributed by atoms with E-state index < -0.39 is 24.4 Å². The number of benzene rings is 1. The fraction of sp³-hybridized carbons (Fsp3) is 0.375. The highest BCUT2D eigenvalue weighted by molar-refractivity contribution is 5.79. The molecule has 8 heteroatoms. The first kappa shape index (κ1) is 18.0. The van der Waals surface area contributed by atoms with Crippen molar-refractivity contribution in [2.45, 2.75) is 32.9 Å². The minimum atomic E-state index is -2.76. The van der Waals surface area contributed by atoms with Gasteiger partial charge in [0.15, 0.2) is 0 Å². The van der Waals surface area contributed by atoms with Gasteiger partial charge in [-0.15, -0.1) is 0 Å². The third-order valence-corrected chi connectivity index (χ3v) is 3.74. The Labute approximate surface area is 137 Å². The second-order valence-corrected chi connectivity index (χ2v) is 5.42. The highest BCUT2D eigenvalue weighted by Gasteiger charge is 2.19. The van der Waals surface area contributed by atoms with E-state index in [1.54, 1.807) is 6.92 Å². The minimum absolute atomic E-state index is 0.0639. The summed E-state index contributed by atoms with van der Waals surface area (Å²) in [5.41, 5.74) is 1.50. The van der Waals surface area contributed by atoms with Gasteiger partial charge in [-0.05, 0) is 31.5 Å². The molecule has 0 aliphatic heterocycles. The van der Waals surface area contributed by atoms with E-state index in [1.165, 1.54) is 31.2 Å². The van der Waals surface area contributed by atoms with Crippen molar-refractivity contribution in [3.05, 3.63) is 52.6 Å². The molecule has 1 heterocycles. The molecule has 0 aliphatic carbocycles. The molecule has 1 aromatic heterocycles. The van der Waals surface area contributed by atoms with E-state index >= 15 is 0 Å². The second-order valence-electron chi connectivity index (χ2n) is 5.42. The van der Waals surface area contributed by atoms with E-state index in [2.05, 4.69) is 10.4 Å². The molecule has 0 bridgehead atoms. The van der Waals surface area contributed by atoms with Crippen molar-refractivity contribution in [2.75, 3.05) is 6.54 Å². The lowest BCUT2D eigenvalue weighted by Gasteiger charge is -2.12. The largest absolute Gasteiger partial charge is 0.387 e. The van der Waals surface area contributed by atoms with E-state index in [0.29, 0.717) is 21.5 Å². The van der Waals surface area contributed by atoms with Crippen LogP contribution >= 0.6 is 0 Å². The predicted octanol–water partition coefficient (Wildman–Crippen LogP) is 2.43. The molecule has 0 saturated carbocycles. The lowest BCUT2D eigenvalue weighted by atomic mass is 10.1. The van der Waals surface area contributed by atoms with E-state index in [0.717, 1.165) is 0 Å². The first-order chi connectivity index (χ1) is 11.3. The van der Waals surface area contributed by atoms with Crippen molar-refractivity contribution < 1.29 is 23.1 Å². The van der Waals surface area contributed by atoms with Gasteiger partial charge in [0.05, 0.1) is 18.2 Å². The fourth-order valence-corrected chi connectivity index (χ4v) is 2.38. The van der Waals surface area contributed by atoms with Crippen molar-refractivity contribution in [2.24, 2.45) is 0 Å². The lowest BCUT2D eigenvalue weighted by Crippen LogP contribution is -2.30. The van der Waals surface area contributed by atoms with E-state index in [1.807, 2.05) is 0 Å². The first-order valence-electron chi connectivity index (χ1n) is 7.32. The summed E-state index contributed by atoms with van der Waals surface area (Å²) in [5, 5.41) is 16.2. The van der Waals surface area contributed by atoms with Gasteiger partial charge in [-0.1, -0.05) is 12.1 Å². The number of hydrogen-bond donors (Lipinski definition) is 2. The predicted molar refractivity (Wildman–Crippen MR) is 81.0 cm³/mol. The Morgan fingerprint density at radius 3 is 2.46 bits per heavy atom. The number of aliphatic hydroxyl groups is 1. The summed E-state index contributed by atoms with van der Waals surface area (Å²) in [6, 6.07) is 5.28. The van der Waals surface area contributed by atoms with Crippen molar-refractivity contribution >= 4 is 5.91 Å². The van der Waals surface area contributed by atoms with Crippen LogP contribution < -0.4 is 5.32 Å². The molecule has 5 nitrogen and oxygen atoms in total. The number of aromatic nitrogens is 2. The summed E-state index contributed by atoms with van der Waals surface area (Å²) in [6.45, 7) is 0.205. The quantitative estimate of drug-likeness (QED) is 0.848. The highest BCUT2D eigenvalue weighted by atomic mass is 19.3. The Kier molecular flexibility index (Phi) is 5.61. The van der Waals surface area contributed by atoms with Gasteiger partial charge in [0.1, 0.15) is 5.82 Å². The zero-order valence-corrected chi connectivity index (χ0v) is 13.3. The molecule has 1 aromatic carbocycles. The minimum Gasteiger partial charge on any atom is -0.387 e. The van der Waals surface area contributed by atoms with Gasteiger partial charge in [-0.2, -0.15) is 13.9 Å². The maximum Gasteiger partial charge on any atom is 0.333 e. The molecule has 0 aliphatic rings. The van der Waals surface area contributed by atoms with Crippen LogP contribution in [0.3, 0.4) is 0 Å². The molecule has 0 saturated heterocycles. The number of rotatable bonds is 6. The number of carbonyl (C=O) groups excluding carboxylic acids is 1. The number of halogens is 3. The highest BCUT2D eigenvalue weighted by Crippen LogP contribution is 2.19. The van der Waals surface area contributed by atoms with Crippen LogP contribution in [0, 0.1) is 19.7 Å². The van der Waals surface area contributed by atoms with Crippen LogP contribution in [0.15, 0.2) is 24.3 Å². The smallest absolute Gasteiger partial charge is 0.333 e. The number of carbonyl (C=O) groups is 1. The topological polar surface area (TPSA) is 67.2 Å². The number of nitrogens with zero attached hydrogens (tertiary/aromatic N) is 2. The summed E-state index contributed by atoms with van der Waals surface area (Å²) >= 11 is 0. The number of alkyl halides is 2. The third-order valence-electron chi connectivity index (χ3n) is 3.74. The molecule has 0 fully saturated rings. The average molecular weight is 341 g/mol. The average Bonchev–Trinajstić information content (AvgIpc) is 2.81. The van der Waals surface area contributed by atoms with Crippen LogP contribution in [0.4, 0.5) is 13.2 Å². The van der Waals surface area contributed by atoms with Crippen molar-refractivity contribution in [3.63, 3.8) is 0 Å². The van der Waals surface area contributed by atoms with Crippen LogP contribution in [-0.2, 0) is 11.2 Å². The van der Waals surface area contributed by atoms with Crippen LogP contribution in [0.1, 0.15) is 35.2 Å². The summed E-state index contributed by atoms with van der Waals surface area (Å²) in [7, 11) is 0. The first-order valence-corrected chi connectivity index (χ1v) is 7.32. The number of amides is 1. The molecule has 1 atom stereocenters. The Hall–Kier alpha value is -2.35. The van der Waals surface area contributed by atoms with E-state index in [9.17, 15) is 23.1 Å². The molecule has 0 radical (unpaired) electrons. The maximum absolute atomic E-state index is 12.8. The Morgan fingerprint density at radius 2 is 1.92 bits per heavy atom. The van der Waals surface area contributed by atoms with E-state index in [4.69, 9.17) is 0 Å². The third kappa shape index (κ3) is 4.14. The van der Waals surface area contributed by atoms with Gasteiger partial charge in [0.25, 0.3) is 0 Å². The zero-order valence-electron chi connectivity index (χ0n) is 13.3. The zero-order chi connectivity index (χ0) is 17.9. The summed E-state index contributed by atoms with van der Waals surface area (Å²) in [5.74, 6) is -0.840. The van der Waals surface area contributed by atoms with Crippen molar-refractivity contribution in [1.29, 1.82) is 0 Å².